The molecule has 2 nitrogen and oxygen atoms in total. The van der Waals surface area contributed by atoms with Gasteiger partial charge in [0.05, 0.1) is 0 Å². The number of hydrogen-bond donors (Lipinski definition) is 0. The van der Waals surface area contributed by atoms with Gasteiger partial charge >= 0.3 is 0 Å². The molecule has 0 amide bonds. The summed E-state index contributed by atoms with van der Waals surface area (Å²) < 4.78 is 0. The summed E-state index contributed by atoms with van der Waals surface area (Å²) in [6.07, 6.45) is 1.41. The minimum absolute atomic E-state index is 0.376. The lowest BCUT2D eigenvalue weighted by molar-refractivity contribution is 0.112. The van der Waals surface area contributed by atoms with Crippen LogP contribution in [0.2, 0.25) is 0 Å². The van der Waals surface area contributed by atoms with E-state index in [9.17, 15) is 9.59 Å². The third-order valence-electron chi connectivity index (χ3n) is 3.71. The molecule has 0 radical (unpaired) electrons. The molecule has 26 heavy (non-hydrogen) atoms. The third-order valence-corrected chi connectivity index (χ3v) is 3.71. The van der Waals surface area contributed by atoms with Crippen LogP contribution in [0.4, 0.5) is 0 Å². The van der Waals surface area contributed by atoms with Crippen molar-refractivity contribution >= 4 is 12.6 Å². The number of carbonyl (C=O) groups is 2. The second-order valence-electron chi connectivity index (χ2n) is 5.49. The quantitative estimate of drug-likeness (QED) is 0.522. The fraction of sp³-hybridized carbons (Fsp3) is 0. The minimum atomic E-state index is 0.376. The van der Waals surface area contributed by atoms with Crippen molar-refractivity contribution in [2.45, 2.75) is 0 Å². The van der Waals surface area contributed by atoms with Crippen LogP contribution in [0.1, 0.15) is 43.0 Å². The van der Waals surface area contributed by atoms with Crippen molar-refractivity contribution in [2.75, 3.05) is 0 Å². The van der Waals surface area contributed by atoms with E-state index in [1.807, 2.05) is 60.7 Å². The van der Waals surface area contributed by atoms with Gasteiger partial charge in [-0.15, -0.1) is 0 Å². The van der Waals surface area contributed by atoms with Gasteiger partial charge in [0.15, 0.2) is 12.6 Å². The maximum atomic E-state index is 11.4. The lowest BCUT2D eigenvalue weighted by Gasteiger charge is -2.02. The van der Waals surface area contributed by atoms with Gasteiger partial charge in [0.25, 0.3) is 0 Å². The van der Waals surface area contributed by atoms with Gasteiger partial charge in [0, 0.05) is 33.4 Å². The smallest absolute Gasteiger partial charge is 0.151 e. The van der Waals surface area contributed by atoms with Crippen LogP contribution in [-0.2, 0) is 0 Å². The summed E-state index contributed by atoms with van der Waals surface area (Å²) in [5.41, 5.74) is 3.54. The van der Waals surface area contributed by atoms with Gasteiger partial charge in [-0.3, -0.25) is 9.59 Å². The molecule has 0 aliphatic rings. The Morgan fingerprint density at radius 1 is 0.538 bits per heavy atom. The van der Waals surface area contributed by atoms with Gasteiger partial charge in [-0.1, -0.05) is 60.1 Å². The van der Waals surface area contributed by atoms with Crippen molar-refractivity contribution in [3.8, 4) is 23.7 Å². The van der Waals surface area contributed by atoms with Crippen molar-refractivity contribution in [3.05, 3.63) is 106 Å². The molecule has 3 aromatic carbocycles. The van der Waals surface area contributed by atoms with Crippen molar-refractivity contribution in [1.29, 1.82) is 0 Å². The highest BCUT2D eigenvalue weighted by Gasteiger charge is 2.06. The fourth-order valence-corrected chi connectivity index (χ4v) is 2.37. The van der Waals surface area contributed by atoms with Crippen molar-refractivity contribution in [1.82, 2.24) is 0 Å². The summed E-state index contributed by atoms with van der Waals surface area (Å²) in [7, 11) is 0. The Labute approximate surface area is 152 Å². The summed E-state index contributed by atoms with van der Waals surface area (Å²) >= 11 is 0. The fourth-order valence-electron chi connectivity index (χ4n) is 2.37. The van der Waals surface area contributed by atoms with E-state index in [0.717, 1.165) is 11.1 Å². The molecule has 0 N–H and O–H groups in total. The maximum absolute atomic E-state index is 11.4. The molecule has 0 atom stereocenters. The Morgan fingerprint density at radius 2 is 0.962 bits per heavy atom. The molecule has 0 unspecified atom stereocenters. The molecular weight excluding hydrogens is 320 g/mol. The minimum Gasteiger partial charge on any atom is -0.298 e. The molecule has 0 aliphatic heterocycles. The average molecular weight is 334 g/mol. The van der Waals surface area contributed by atoms with Crippen LogP contribution in [0.15, 0.2) is 72.8 Å². The Hall–Kier alpha value is -3.88. The summed E-state index contributed by atoms with van der Waals surface area (Å²) in [5, 5.41) is 0. The highest BCUT2D eigenvalue weighted by molar-refractivity contribution is 5.87. The highest BCUT2D eigenvalue weighted by Crippen LogP contribution is 2.14. The lowest BCUT2D eigenvalue weighted by Crippen LogP contribution is -1.96. The monoisotopic (exact) mass is 334 g/mol. The molecule has 3 rings (SSSR count). The van der Waals surface area contributed by atoms with Gasteiger partial charge in [0.2, 0.25) is 0 Å². The van der Waals surface area contributed by atoms with Gasteiger partial charge in [-0.05, 0) is 36.4 Å². The van der Waals surface area contributed by atoms with Gasteiger partial charge in [-0.25, -0.2) is 0 Å². The predicted octanol–water partition coefficient (Wildman–Crippen LogP) is 4.11. The van der Waals surface area contributed by atoms with Crippen LogP contribution < -0.4 is 0 Å². The Morgan fingerprint density at radius 3 is 1.35 bits per heavy atom. The van der Waals surface area contributed by atoms with E-state index in [2.05, 4.69) is 23.7 Å². The molecule has 0 saturated carbocycles. The average Bonchev–Trinajstić information content (AvgIpc) is 2.72. The Balaban J connectivity index is 2.05. The van der Waals surface area contributed by atoms with Crippen LogP contribution in [0, 0.1) is 23.7 Å². The molecule has 2 heteroatoms. The first-order valence-electron chi connectivity index (χ1n) is 8.02. The number of benzene rings is 3. The Bertz CT molecular complexity index is 973. The van der Waals surface area contributed by atoms with E-state index in [1.54, 1.807) is 6.07 Å². The molecule has 0 fully saturated rings. The first kappa shape index (κ1) is 17.0. The largest absolute Gasteiger partial charge is 0.298 e. The van der Waals surface area contributed by atoms with Crippen LogP contribution in [0.3, 0.4) is 0 Å². The van der Waals surface area contributed by atoms with Crippen molar-refractivity contribution in [3.63, 3.8) is 0 Å². The summed E-state index contributed by atoms with van der Waals surface area (Å²) in [6.45, 7) is 0. The second-order valence-corrected chi connectivity index (χ2v) is 5.49. The van der Waals surface area contributed by atoms with Gasteiger partial charge in [-0.2, -0.15) is 0 Å². The number of rotatable bonds is 2. The molecule has 0 spiro atoms. The van der Waals surface area contributed by atoms with Crippen LogP contribution in [0.25, 0.3) is 0 Å². The molecule has 122 valence electrons. The molecule has 0 aromatic heterocycles. The number of carbonyl (C=O) groups excluding carboxylic acids is 2. The first-order chi connectivity index (χ1) is 12.8. The van der Waals surface area contributed by atoms with Crippen LogP contribution in [0.5, 0.6) is 0 Å². The van der Waals surface area contributed by atoms with E-state index in [-0.39, 0.29) is 0 Å². The summed E-state index contributed by atoms with van der Waals surface area (Å²) in [4.78, 5) is 22.8. The van der Waals surface area contributed by atoms with E-state index in [0.29, 0.717) is 34.8 Å². The summed E-state index contributed by atoms with van der Waals surface area (Å²) in [6, 6.07) is 22.2. The topological polar surface area (TPSA) is 34.1 Å². The SMILES string of the molecule is O=Cc1cc(C=O)c(C#Cc2ccccc2)cc1C#Cc1ccccc1. The normalized spacial score (nSPS) is 9.23. The zero-order valence-electron chi connectivity index (χ0n) is 13.9. The van der Waals surface area contributed by atoms with Gasteiger partial charge in [0.1, 0.15) is 0 Å². The van der Waals surface area contributed by atoms with E-state index < -0.39 is 0 Å². The third kappa shape index (κ3) is 4.15. The van der Waals surface area contributed by atoms with Crippen molar-refractivity contribution in [2.24, 2.45) is 0 Å². The standard InChI is InChI=1S/C24H14O2/c25-17-23-16-24(18-26)22(14-12-20-9-5-2-6-10-20)15-21(23)13-11-19-7-3-1-4-8-19/h1-10,15-18H. The second kappa shape index (κ2) is 8.29. The van der Waals surface area contributed by atoms with E-state index in [4.69, 9.17) is 0 Å². The predicted molar refractivity (Wildman–Crippen MR) is 102 cm³/mol. The summed E-state index contributed by atoms with van der Waals surface area (Å²) in [5.74, 6) is 12.1. The molecule has 3 aromatic rings. The molecule has 0 heterocycles. The van der Waals surface area contributed by atoms with Gasteiger partial charge < -0.3 is 0 Å². The van der Waals surface area contributed by atoms with Crippen LogP contribution >= 0.6 is 0 Å². The van der Waals surface area contributed by atoms with Crippen LogP contribution in [-0.4, -0.2) is 12.6 Å². The first-order valence-corrected chi connectivity index (χ1v) is 8.02. The molecular formula is C24H14O2. The van der Waals surface area contributed by atoms with E-state index in [1.165, 1.54) is 6.07 Å². The number of hydrogen-bond acceptors (Lipinski definition) is 2. The Kier molecular flexibility index (Phi) is 5.41. The molecule has 0 aliphatic carbocycles. The van der Waals surface area contributed by atoms with Crippen molar-refractivity contribution < 1.29 is 9.59 Å². The lowest BCUT2D eigenvalue weighted by atomic mass is 9.99. The number of aldehydes is 2. The zero-order chi connectivity index (χ0) is 18.2. The van der Waals surface area contributed by atoms with E-state index >= 15 is 0 Å². The maximum Gasteiger partial charge on any atom is 0.151 e. The molecule has 0 bridgehead atoms. The zero-order valence-corrected chi connectivity index (χ0v) is 13.9. The highest BCUT2D eigenvalue weighted by atomic mass is 16.1. The molecule has 0 saturated heterocycles.